The summed E-state index contributed by atoms with van der Waals surface area (Å²) in [4.78, 5) is 13.2. The van der Waals surface area contributed by atoms with Crippen LogP contribution in [0.15, 0.2) is 48.9 Å². The van der Waals surface area contributed by atoms with Gasteiger partial charge in [0.2, 0.25) is 0 Å². The van der Waals surface area contributed by atoms with Gasteiger partial charge in [0, 0.05) is 30.4 Å². The summed E-state index contributed by atoms with van der Waals surface area (Å²) in [5.41, 5.74) is 4.66. The number of halogens is 1. The van der Waals surface area contributed by atoms with Gasteiger partial charge in [-0.1, -0.05) is 41.9 Å². The van der Waals surface area contributed by atoms with Gasteiger partial charge in [-0.3, -0.25) is 4.68 Å². The molecule has 0 bridgehead atoms. The maximum atomic E-state index is 6.21. The number of aromatic nitrogens is 5. The van der Waals surface area contributed by atoms with Gasteiger partial charge in [0.25, 0.3) is 0 Å². The second-order valence-corrected chi connectivity index (χ2v) is 5.86. The van der Waals surface area contributed by atoms with Gasteiger partial charge in [0.15, 0.2) is 10.9 Å². The molecule has 0 N–H and O–H groups in total. The number of fused-ring (bicyclic) bond motifs is 1. The smallest absolute Gasteiger partial charge is 0.171 e. The highest BCUT2D eigenvalue weighted by Gasteiger charge is 2.18. The molecular formula is C18H14ClN5O. The maximum Gasteiger partial charge on any atom is 0.171 e. The second kappa shape index (κ2) is 6.14. The van der Waals surface area contributed by atoms with Crippen molar-refractivity contribution in [2.75, 3.05) is 7.11 Å². The van der Waals surface area contributed by atoms with Crippen molar-refractivity contribution in [3.05, 3.63) is 54.1 Å². The molecule has 7 heteroatoms. The lowest BCUT2D eigenvalue weighted by Gasteiger charge is -2.07. The van der Waals surface area contributed by atoms with E-state index in [9.17, 15) is 0 Å². The summed E-state index contributed by atoms with van der Waals surface area (Å²) < 4.78 is 6.99. The van der Waals surface area contributed by atoms with E-state index in [0.29, 0.717) is 22.5 Å². The van der Waals surface area contributed by atoms with Crippen LogP contribution < -0.4 is 4.74 Å². The van der Waals surface area contributed by atoms with Crippen LogP contribution in [-0.2, 0) is 7.05 Å². The van der Waals surface area contributed by atoms with Gasteiger partial charge in [0.05, 0.1) is 12.6 Å². The van der Waals surface area contributed by atoms with Crippen molar-refractivity contribution in [1.29, 1.82) is 0 Å². The highest BCUT2D eigenvalue weighted by molar-refractivity contribution is 6.31. The summed E-state index contributed by atoms with van der Waals surface area (Å²) in [6.45, 7) is 0. The minimum atomic E-state index is 0.274. The quantitative estimate of drug-likeness (QED) is 0.526. The number of aryl methyl sites for hydroxylation is 1. The molecule has 3 heterocycles. The fourth-order valence-corrected chi connectivity index (χ4v) is 2.97. The zero-order valence-corrected chi connectivity index (χ0v) is 14.4. The summed E-state index contributed by atoms with van der Waals surface area (Å²) in [5.74, 6) is 0.480. The first-order valence-electron chi connectivity index (χ1n) is 7.62. The average Bonchev–Trinajstić information content (AvgIpc) is 3.03. The Morgan fingerprint density at radius 2 is 1.88 bits per heavy atom. The highest BCUT2D eigenvalue weighted by Crippen LogP contribution is 2.34. The van der Waals surface area contributed by atoms with Crippen molar-refractivity contribution in [3.8, 4) is 28.3 Å². The number of ether oxygens (including phenoxy) is 1. The van der Waals surface area contributed by atoms with Crippen LogP contribution in [0.1, 0.15) is 0 Å². The third-order valence-electron chi connectivity index (χ3n) is 3.88. The van der Waals surface area contributed by atoms with Crippen LogP contribution in [0.5, 0.6) is 5.75 Å². The van der Waals surface area contributed by atoms with Crippen LogP contribution >= 0.6 is 11.6 Å². The summed E-state index contributed by atoms with van der Waals surface area (Å²) in [5, 5.41) is 4.87. The molecule has 25 heavy (non-hydrogen) atoms. The van der Waals surface area contributed by atoms with Crippen LogP contribution in [-0.4, -0.2) is 31.8 Å². The molecule has 124 valence electrons. The molecule has 1 aromatic carbocycles. The van der Waals surface area contributed by atoms with Gasteiger partial charge in [-0.25, -0.2) is 15.0 Å². The Kier molecular flexibility index (Phi) is 3.82. The maximum absolute atomic E-state index is 6.21. The molecule has 0 saturated heterocycles. The number of methoxy groups -OCH3 is 1. The van der Waals surface area contributed by atoms with Gasteiger partial charge < -0.3 is 4.74 Å². The minimum Gasteiger partial charge on any atom is -0.493 e. The van der Waals surface area contributed by atoms with Crippen molar-refractivity contribution in [3.63, 3.8) is 0 Å². The first-order valence-corrected chi connectivity index (χ1v) is 8.00. The van der Waals surface area contributed by atoms with E-state index in [4.69, 9.17) is 16.3 Å². The van der Waals surface area contributed by atoms with E-state index in [2.05, 4.69) is 20.1 Å². The van der Waals surface area contributed by atoms with Crippen LogP contribution in [0.25, 0.3) is 33.5 Å². The van der Waals surface area contributed by atoms with E-state index in [-0.39, 0.29) is 5.15 Å². The van der Waals surface area contributed by atoms with E-state index in [1.807, 2.05) is 43.6 Å². The first kappa shape index (κ1) is 15.5. The third-order valence-corrected chi connectivity index (χ3v) is 4.15. The van der Waals surface area contributed by atoms with Gasteiger partial charge in [-0.15, -0.1) is 0 Å². The number of benzene rings is 1. The molecule has 0 fully saturated rings. The zero-order chi connectivity index (χ0) is 17.4. The lowest BCUT2D eigenvalue weighted by molar-refractivity contribution is 0.414. The number of pyridine rings is 1. The molecule has 4 aromatic rings. The number of hydrogen-bond acceptors (Lipinski definition) is 5. The van der Waals surface area contributed by atoms with E-state index in [0.717, 1.165) is 16.8 Å². The molecule has 0 radical (unpaired) electrons. The summed E-state index contributed by atoms with van der Waals surface area (Å²) >= 11 is 6.21. The fraction of sp³-hybridized carbons (Fsp3) is 0.111. The molecular weight excluding hydrogens is 338 g/mol. The van der Waals surface area contributed by atoms with Crippen LogP contribution in [0.2, 0.25) is 5.15 Å². The van der Waals surface area contributed by atoms with E-state index in [1.54, 1.807) is 17.9 Å². The van der Waals surface area contributed by atoms with Crippen molar-refractivity contribution >= 4 is 22.6 Å². The monoisotopic (exact) mass is 351 g/mol. The Hall–Kier alpha value is -2.99. The molecule has 0 unspecified atom stereocenters. The standard InChI is InChI=1S/C18H14ClN5O/c1-24-9-12(15(23-24)11-6-4-3-5-7-11)16-17-13(20-10-21-16)8-14(25-2)18(19)22-17/h3-10H,1-2H3. The molecule has 3 aromatic heterocycles. The predicted octanol–water partition coefficient (Wildman–Crippen LogP) is 3.75. The summed E-state index contributed by atoms with van der Waals surface area (Å²) in [6, 6.07) is 11.7. The molecule has 4 rings (SSSR count). The Balaban J connectivity index is 1.99. The molecule has 6 nitrogen and oxygen atoms in total. The number of hydrogen-bond donors (Lipinski definition) is 0. The van der Waals surface area contributed by atoms with Crippen LogP contribution in [0, 0.1) is 0 Å². The van der Waals surface area contributed by atoms with Crippen molar-refractivity contribution < 1.29 is 4.74 Å². The molecule has 0 atom stereocenters. The third kappa shape index (κ3) is 2.70. The summed E-state index contributed by atoms with van der Waals surface area (Å²) in [6.07, 6.45) is 3.43. The normalized spacial score (nSPS) is 11.0. The second-order valence-electron chi connectivity index (χ2n) is 5.50. The first-order chi connectivity index (χ1) is 12.2. The van der Waals surface area contributed by atoms with Gasteiger partial charge >= 0.3 is 0 Å². The fourth-order valence-electron chi connectivity index (χ4n) is 2.76. The Bertz CT molecular complexity index is 1060. The number of nitrogens with zero attached hydrogens (tertiary/aromatic N) is 5. The lowest BCUT2D eigenvalue weighted by atomic mass is 10.0. The van der Waals surface area contributed by atoms with Gasteiger partial charge in [-0.2, -0.15) is 5.10 Å². The minimum absolute atomic E-state index is 0.274. The SMILES string of the molecule is COc1cc2ncnc(-c3cn(C)nc3-c3ccccc3)c2nc1Cl. The predicted molar refractivity (Wildman–Crippen MR) is 96.5 cm³/mol. The molecule has 0 aliphatic carbocycles. The van der Waals surface area contributed by atoms with E-state index in [1.165, 1.54) is 6.33 Å². The van der Waals surface area contributed by atoms with Gasteiger partial charge in [-0.05, 0) is 0 Å². The van der Waals surface area contributed by atoms with E-state index < -0.39 is 0 Å². The summed E-state index contributed by atoms with van der Waals surface area (Å²) in [7, 11) is 3.42. The van der Waals surface area contributed by atoms with Crippen molar-refractivity contribution in [1.82, 2.24) is 24.7 Å². The van der Waals surface area contributed by atoms with Crippen LogP contribution in [0.4, 0.5) is 0 Å². The molecule has 0 aliphatic heterocycles. The van der Waals surface area contributed by atoms with Gasteiger partial charge in [0.1, 0.15) is 23.2 Å². The zero-order valence-electron chi connectivity index (χ0n) is 13.6. The average molecular weight is 352 g/mol. The molecule has 0 amide bonds. The lowest BCUT2D eigenvalue weighted by Crippen LogP contribution is -1.95. The molecule has 0 spiro atoms. The largest absolute Gasteiger partial charge is 0.493 e. The highest BCUT2D eigenvalue weighted by atomic mass is 35.5. The Labute approximate surface area is 149 Å². The molecule has 0 aliphatic rings. The van der Waals surface area contributed by atoms with Crippen LogP contribution in [0.3, 0.4) is 0 Å². The van der Waals surface area contributed by atoms with Crippen molar-refractivity contribution in [2.45, 2.75) is 0 Å². The topological polar surface area (TPSA) is 65.7 Å². The Morgan fingerprint density at radius 3 is 2.64 bits per heavy atom. The Morgan fingerprint density at radius 1 is 1.08 bits per heavy atom. The van der Waals surface area contributed by atoms with Crippen molar-refractivity contribution in [2.24, 2.45) is 7.05 Å². The van der Waals surface area contributed by atoms with E-state index >= 15 is 0 Å². The number of rotatable bonds is 3. The molecule has 0 saturated carbocycles.